The fourth-order valence-corrected chi connectivity index (χ4v) is 3.82. The Kier molecular flexibility index (Phi) is 5.68. The molecule has 0 saturated carbocycles. The van der Waals surface area contributed by atoms with Gasteiger partial charge >= 0.3 is 5.97 Å². The SMILES string of the molecule is Cc1ccc(S(=O)(=O)NCC(=O)OCc2nc(-c3ccsc3)no2)cc1C. The number of nitrogens with zero attached hydrogens (tertiary/aromatic N) is 2. The van der Waals surface area contributed by atoms with Crippen molar-refractivity contribution in [2.45, 2.75) is 25.3 Å². The second-order valence-corrected chi connectivity index (χ2v) is 8.30. The number of hydrogen-bond donors (Lipinski definition) is 1. The topological polar surface area (TPSA) is 111 Å². The van der Waals surface area contributed by atoms with Gasteiger partial charge in [0, 0.05) is 10.9 Å². The third kappa shape index (κ3) is 4.79. The van der Waals surface area contributed by atoms with Crippen LogP contribution >= 0.6 is 11.3 Å². The predicted molar refractivity (Wildman–Crippen MR) is 98.5 cm³/mol. The van der Waals surface area contributed by atoms with Crippen molar-refractivity contribution in [3.8, 4) is 11.4 Å². The van der Waals surface area contributed by atoms with Gasteiger partial charge in [0.05, 0.1) is 4.90 Å². The Morgan fingerprint density at radius 3 is 2.78 bits per heavy atom. The van der Waals surface area contributed by atoms with E-state index in [4.69, 9.17) is 9.26 Å². The van der Waals surface area contributed by atoms with Crippen molar-refractivity contribution >= 4 is 27.3 Å². The number of hydrogen-bond acceptors (Lipinski definition) is 8. The Labute approximate surface area is 160 Å². The lowest BCUT2D eigenvalue weighted by molar-refractivity contribution is -0.144. The number of nitrogens with one attached hydrogen (secondary N) is 1. The molecule has 0 fully saturated rings. The van der Waals surface area contributed by atoms with Gasteiger partial charge in [0.2, 0.25) is 15.8 Å². The van der Waals surface area contributed by atoms with Crippen LogP contribution in [0.5, 0.6) is 0 Å². The molecular formula is C17H17N3O5S2. The minimum absolute atomic E-state index is 0.0932. The first-order valence-electron chi connectivity index (χ1n) is 7.93. The van der Waals surface area contributed by atoms with E-state index in [0.29, 0.717) is 5.82 Å². The van der Waals surface area contributed by atoms with E-state index in [9.17, 15) is 13.2 Å². The molecule has 0 atom stereocenters. The number of aromatic nitrogens is 2. The second-order valence-electron chi connectivity index (χ2n) is 5.76. The van der Waals surface area contributed by atoms with Crippen LogP contribution in [0.1, 0.15) is 17.0 Å². The largest absolute Gasteiger partial charge is 0.455 e. The molecule has 0 aliphatic carbocycles. The third-order valence-electron chi connectivity index (χ3n) is 3.80. The first kappa shape index (κ1) is 19.2. The van der Waals surface area contributed by atoms with Crippen LogP contribution in [0.2, 0.25) is 0 Å². The van der Waals surface area contributed by atoms with E-state index < -0.39 is 22.5 Å². The van der Waals surface area contributed by atoms with Gasteiger partial charge in [-0.3, -0.25) is 4.79 Å². The van der Waals surface area contributed by atoms with Crippen LogP contribution in [-0.2, 0) is 26.2 Å². The van der Waals surface area contributed by atoms with Crippen LogP contribution in [0.15, 0.2) is 44.4 Å². The molecule has 2 heterocycles. The highest BCUT2D eigenvalue weighted by Gasteiger charge is 2.17. The molecule has 8 nitrogen and oxygen atoms in total. The fourth-order valence-electron chi connectivity index (χ4n) is 2.13. The summed E-state index contributed by atoms with van der Waals surface area (Å²) in [7, 11) is -3.80. The van der Waals surface area contributed by atoms with Gasteiger partial charge in [-0.2, -0.15) is 21.0 Å². The zero-order valence-corrected chi connectivity index (χ0v) is 16.3. The number of benzene rings is 1. The number of ether oxygens (including phenoxy) is 1. The van der Waals surface area contributed by atoms with Gasteiger partial charge in [0.25, 0.3) is 5.89 Å². The summed E-state index contributed by atoms with van der Waals surface area (Å²) in [4.78, 5) is 16.0. The molecule has 10 heteroatoms. The number of thiophene rings is 1. The Hall–Kier alpha value is -2.56. The summed E-state index contributed by atoms with van der Waals surface area (Å²) in [6, 6.07) is 6.59. The average Bonchev–Trinajstić information content (AvgIpc) is 3.31. The van der Waals surface area contributed by atoms with Gasteiger partial charge in [-0.05, 0) is 48.6 Å². The normalized spacial score (nSPS) is 11.5. The molecule has 0 saturated heterocycles. The van der Waals surface area contributed by atoms with Crippen LogP contribution in [0.25, 0.3) is 11.4 Å². The Bertz CT molecular complexity index is 1040. The van der Waals surface area contributed by atoms with Crippen molar-refractivity contribution in [1.29, 1.82) is 0 Å². The van der Waals surface area contributed by atoms with Crippen LogP contribution in [0.4, 0.5) is 0 Å². The minimum atomic E-state index is -3.80. The Morgan fingerprint density at radius 2 is 2.07 bits per heavy atom. The lowest BCUT2D eigenvalue weighted by atomic mass is 10.1. The van der Waals surface area contributed by atoms with Gasteiger partial charge in [0.15, 0.2) is 6.61 Å². The molecule has 0 aliphatic rings. The van der Waals surface area contributed by atoms with Crippen molar-refractivity contribution in [3.05, 3.63) is 52.0 Å². The summed E-state index contributed by atoms with van der Waals surface area (Å²) >= 11 is 1.50. The molecule has 3 aromatic rings. The Balaban J connectivity index is 1.53. The monoisotopic (exact) mass is 407 g/mol. The first-order chi connectivity index (χ1) is 12.8. The number of carbonyl (C=O) groups excluding carboxylic acids is 1. The van der Waals surface area contributed by atoms with E-state index in [0.717, 1.165) is 16.7 Å². The maximum absolute atomic E-state index is 12.3. The lowest BCUT2D eigenvalue weighted by Gasteiger charge is -2.08. The molecule has 142 valence electrons. The van der Waals surface area contributed by atoms with Gasteiger partial charge in [-0.1, -0.05) is 11.2 Å². The number of rotatable bonds is 7. The summed E-state index contributed by atoms with van der Waals surface area (Å²) < 4.78 is 36.7. The van der Waals surface area contributed by atoms with Crippen LogP contribution in [0.3, 0.4) is 0 Å². The second kappa shape index (κ2) is 7.99. The molecule has 27 heavy (non-hydrogen) atoms. The molecule has 1 aromatic carbocycles. The molecular weight excluding hydrogens is 390 g/mol. The zero-order chi connectivity index (χ0) is 19.4. The van der Waals surface area contributed by atoms with Gasteiger partial charge < -0.3 is 9.26 Å². The molecule has 0 spiro atoms. The minimum Gasteiger partial charge on any atom is -0.455 e. The lowest BCUT2D eigenvalue weighted by Crippen LogP contribution is -2.30. The maximum atomic E-state index is 12.3. The number of sulfonamides is 1. The number of esters is 1. The molecule has 0 amide bonds. The molecule has 0 unspecified atom stereocenters. The maximum Gasteiger partial charge on any atom is 0.321 e. The van der Waals surface area contributed by atoms with Crippen molar-refractivity contribution in [1.82, 2.24) is 14.9 Å². The summed E-state index contributed by atoms with van der Waals surface area (Å²) in [6.07, 6.45) is 0. The van der Waals surface area contributed by atoms with E-state index in [1.165, 1.54) is 17.4 Å². The standard InChI is InChI=1S/C17H17N3O5S2/c1-11-3-4-14(7-12(11)2)27(22,23)18-8-16(21)24-9-15-19-17(20-25-15)13-5-6-26-10-13/h3-7,10,18H,8-9H2,1-2H3. The van der Waals surface area contributed by atoms with Crippen molar-refractivity contribution < 1.29 is 22.5 Å². The smallest absolute Gasteiger partial charge is 0.321 e. The van der Waals surface area contributed by atoms with E-state index in [1.54, 1.807) is 12.1 Å². The van der Waals surface area contributed by atoms with E-state index in [1.807, 2.05) is 30.7 Å². The fraction of sp³-hybridized carbons (Fsp3) is 0.235. The summed E-state index contributed by atoms with van der Waals surface area (Å²) in [6.45, 7) is 2.97. The molecule has 0 aliphatic heterocycles. The highest BCUT2D eigenvalue weighted by atomic mass is 32.2. The van der Waals surface area contributed by atoms with Gasteiger partial charge in [-0.25, -0.2) is 8.42 Å². The van der Waals surface area contributed by atoms with Gasteiger partial charge in [-0.15, -0.1) is 0 Å². The number of carbonyl (C=O) groups is 1. The third-order valence-corrected chi connectivity index (χ3v) is 5.88. The van der Waals surface area contributed by atoms with Crippen molar-refractivity contribution in [3.63, 3.8) is 0 Å². The summed E-state index contributed by atoms with van der Waals surface area (Å²) in [5.41, 5.74) is 2.63. The van der Waals surface area contributed by atoms with Crippen molar-refractivity contribution in [2.24, 2.45) is 0 Å². The summed E-state index contributed by atoms with van der Waals surface area (Å²) in [5, 5.41) is 7.54. The van der Waals surface area contributed by atoms with Crippen LogP contribution in [-0.4, -0.2) is 31.1 Å². The molecule has 0 bridgehead atoms. The summed E-state index contributed by atoms with van der Waals surface area (Å²) in [5.74, 6) is -0.225. The molecule has 1 N–H and O–H groups in total. The zero-order valence-electron chi connectivity index (χ0n) is 14.6. The van der Waals surface area contributed by atoms with E-state index in [-0.39, 0.29) is 17.4 Å². The van der Waals surface area contributed by atoms with Crippen molar-refractivity contribution in [2.75, 3.05) is 6.54 Å². The number of aryl methyl sites for hydroxylation is 2. The quantitative estimate of drug-likeness (QED) is 0.599. The molecule has 2 aromatic heterocycles. The van der Waals surface area contributed by atoms with Gasteiger partial charge in [0.1, 0.15) is 6.54 Å². The van der Waals surface area contributed by atoms with Crippen LogP contribution < -0.4 is 4.72 Å². The predicted octanol–water partition coefficient (Wildman–Crippen LogP) is 2.44. The molecule has 0 radical (unpaired) electrons. The molecule has 3 rings (SSSR count). The first-order valence-corrected chi connectivity index (χ1v) is 10.4. The highest BCUT2D eigenvalue weighted by Crippen LogP contribution is 2.19. The van der Waals surface area contributed by atoms with Crippen LogP contribution in [0, 0.1) is 13.8 Å². The van der Waals surface area contributed by atoms with E-state index in [2.05, 4.69) is 14.9 Å². The average molecular weight is 407 g/mol. The van der Waals surface area contributed by atoms with E-state index >= 15 is 0 Å². The highest BCUT2D eigenvalue weighted by molar-refractivity contribution is 7.89. The Morgan fingerprint density at radius 1 is 1.26 bits per heavy atom.